The van der Waals surface area contributed by atoms with Gasteiger partial charge in [0, 0.05) is 15.7 Å². The molecule has 0 spiro atoms. The van der Waals surface area contributed by atoms with Crippen LogP contribution in [-0.4, -0.2) is 12.1 Å². The molecule has 0 amide bonds. The highest BCUT2D eigenvalue weighted by Gasteiger charge is 2.06. The Balaban J connectivity index is 1.70. The lowest BCUT2D eigenvalue weighted by Gasteiger charge is -2.00. The lowest BCUT2D eigenvalue weighted by Crippen LogP contribution is -1.80. The van der Waals surface area contributed by atoms with Gasteiger partial charge in [0.25, 0.3) is 5.22 Å². The van der Waals surface area contributed by atoms with Gasteiger partial charge in [-0.05, 0) is 47.2 Å². The topological polar surface area (TPSA) is 35.3 Å². The zero-order valence-corrected chi connectivity index (χ0v) is 11.8. The Morgan fingerprint density at radius 1 is 1.00 bits per heavy atom. The molecule has 0 aliphatic carbocycles. The number of fused-ring (bicyclic) bond motifs is 1. The summed E-state index contributed by atoms with van der Waals surface area (Å²) in [4.78, 5) is 5.54. The van der Waals surface area contributed by atoms with Crippen molar-refractivity contribution in [1.82, 2.24) is 4.98 Å². The number of hydrogen-bond acceptors (Lipinski definition) is 5. The summed E-state index contributed by atoms with van der Waals surface area (Å²) in [5.74, 6) is 0.858. The molecule has 0 saturated heterocycles. The van der Waals surface area contributed by atoms with E-state index in [1.165, 1.54) is 10.8 Å². The van der Waals surface area contributed by atoms with E-state index in [0.29, 0.717) is 5.22 Å². The Labute approximate surface area is 118 Å². The van der Waals surface area contributed by atoms with E-state index in [2.05, 4.69) is 4.98 Å². The lowest BCUT2D eigenvalue weighted by molar-refractivity contribution is 0.414. The van der Waals surface area contributed by atoms with Crippen LogP contribution in [0.3, 0.4) is 0 Å². The molecule has 1 heterocycles. The van der Waals surface area contributed by atoms with E-state index in [1.54, 1.807) is 17.9 Å². The first-order valence-corrected chi connectivity index (χ1v) is 7.84. The molecule has 3 aromatic rings. The van der Waals surface area contributed by atoms with Crippen LogP contribution >= 0.6 is 21.6 Å². The molecule has 1 aromatic heterocycles. The van der Waals surface area contributed by atoms with Crippen molar-refractivity contribution in [2.45, 2.75) is 10.1 Å². The molecule has 0 radical (unpaired) electrons. The van der Waals surface area contributed by atoms with Crippen molar-refractivity contribution in [2.24, 2.45) is 0 Å². The van der Waals surface area contributed by atoms with E-state index in [4.69, 9.17) is 9.15 Å². The molecule has 0 aliphatic rings. The molecule has 0 atom stereocenters. The number of oxazole rings is 1. The van der Waals surface area contributed by atoms with Gasteiger partial charge in [0.05, 0.1) is 7.11 Å². The molecular weight excluding hydrogens is 278 g/mol. The number of ether oxygens (including phenoxy) is 1. The summed E-state index contributed by atoms with van der Waals surface area (Å²) in [5.41, 5.74) is 1.71. The van der Waals surface area contributed by atoms with Crippen molar-refractivity contribution in [3.05, 3.63) is 48.5 Å². The van der Waals surface area contributed by atoms with Crippen LogP contribution in [0.5, 0.6) is 5.75 Å². The van der Waals surface area contributed by atoms with E-state index in [0.717, 1.165) is 21.7 Å². The standard InChI is InChI=1S/C14H11NO2S2/c1-16-10-6-8-11(9-7-10)18-19-14-15-12-4-2-3-5-13(12)17-14/h2-9H,1H3. The van der Waals surface area contributed by atoms with Gasteiger partial charge in [-0.15, -0.1) is 0 Å². The van der Waals surface area contributed by atoms with E-state index in [1.807, 2.05) is 48.5 Å². The fraction of sp³-hybridized carbons (Fsp3) is 0.0714. The van der Waals surface area contributed by atoms with Gasteiger partial charge in [-0.2, -0.15) is 0 Å². The molecule has 0 N–H and O–H groups in total. The van der Waals surface area contributed by atoms with Gasteiger partial charge < -0.3 is 9.15 Å². The third-order valence-electron chi connectivity index (χ3n) is 2.54. The predicted molar refractivity (Wildman–Crippen MR) is 78.7 cm³/mol. The molecule has 96 valence electrons. The second kappa shape index (κ2) is 5.59. The van der Waals surface area contributed by atoms with Gasteiger partial charge in [-0.1, -0.05) is 12.1 Å². The Morgan fingerprint density at radius 3 is 2.53 bits per heavy atom. The van der Waals surface area contributed by atoms with E-state index >= 15 is 0 Å². The molecule has 0 unspecified atom stereocenters. The van der Waals surface area contributed by atoms with Crippen molar-refractivity contribution in [2.75, 3.05) is 7.11 Å². The zero-order chi connectivity index (χ0) is 13.1. The van der Waals surface area contributed by atoms with Crippen LogP contribution in [0.25, 0.3) is 11.1 Å². The Hall–Kier alpha value is -1.59. The van der Waals surface area contributed by atoms with Crippen molar-refractivity contribution in [1.29, 1.82) is 0 Å². The van der Waals surface area contributed by atoms with Gasteiger partial charge in [0.15, 0.2) is 5.58 Å². The third-order valence-corrected chi connectivity index (χ3v) is 4.66. The summed E-state index contributed by atoms with van der Waals surface area (Å²) in [5, 5.41) is 0.669. The number of aromatic nitrogens is 1. The van der Waals surface area contributed by atoms with Gasteiger partial charge in [-0.25, -0.2) is 4.98 Å². The summed E-state index contributed by atoms with van der Waals surface area (Å²) < 4.78 is 10.8. The van der Waals surface area contributed by atoms with Crippen molar-refractivity contribution in [3.8, 4) is 5.75 Å². The predicted octanol–water partition coefficient (Wildman–Crippen LogP) is 4.64. The number of nitrogens with zero attached hydrogens (tertiary/aromatic N) is 1. The van der Waals surface area contributed by atoms with Crippen molar-refractivity contribution >= 4 is 32.7 Å². The first-order valence-electron chi connectivity index (χ1n) is 5.69. The van der Waals surface area contributed by atoms with Crippen LogP contribution in [-0.2, 0) is 0 Å². The van der Waals surface area contributed by atoms with Crippen molar-refractivity contribution < 1.29 is 9.15 Å². The smallest absolute Gasteiger partial charge is 0.268 e. The lowest BCUT2D eigenvalue weighted by atomic mass is 10.3. The number of benzene rings is 2. The minimum Gasteiger partial charge on any atom is -0.497 e. The average Bonchev–Trinajstić information content (AvgIpc) is 2.88. The minimum atomic E-state index is 0.669. The summed E-state index contributed by atoms with van der Waals surface area (Å²) in [6, 6.07) is 15.7. The largest absolute Gasteiger partial charge is 0.497 e. The number of para-hydroxylation sites is 2. The minimum absolute atomic E-state index is 0.669. The maximum absolute atomic E-state index is 5.64. The van der Waals surface area contributed by atoms with E-state index in [-0.39, 0.29) is 0 Å². The molecule has 3 nitrogen and oxygen atoms in total. The highest BCUT2D eigenvalue weighted by atomic mass is 33.1. The van der Waals surface area contributed by atoms with Crippen LogP contribution in [0.2, 0.25) is 0 Å². The van der Waals surface area contributed by atoms with E-state index < -0.39 is 0 Å². The van der Waals surface area contributed by atoms with Crippen LogP contribution in [0.1, 0.15) is 0 Å². The maximum atomic E-state index is 5.64. The van der Waals surface area contributed by atoms with Crippen LogP contribution < -0.4 is 4.74 Å². The van der Waals surface area contributed by atoms with E-state index in [9.17, 15) is 0 Å². The van der Waals surface area contributed by atoms with Gasteiger partial charge in [-0.3, -0.25) is 0 Å². The molecule has 5 heteroatoms. The number of methoxy groups -OCH3 is 1. The van der Waals surface area contributed by atoms with Crippen LogP contribution in [0.4, 0.5) is 0 Å². The Bertz CT molecular complexity index is 646. The van der Waals surface area contributed by atoms with Crippen LogP contribution in [0.15, 0.2) is 63.1 Å². The first-order chi connectivity index (χ1) is 9.35. The molecule has 2 aromatic carbocycles. The molecule has 3 rings (SSSR count). The molecule has 0 saturated carbocycles. The zero-order valence-electron chi connectivity index (χ0n) is 10.2. The fourth-order valence-electron chi connectivity index (χ4n) is 1.60. The average molecular weight is 289 g/mol. The second-order valence-corrected chi connectivity index (χ2v) is 5.94. The molecule has 19 heavy (non-hydrogen) atoms. The maximum Gasteiger partial charge on any atom is 0.268 e. The van der Waals surface area contributed by atoms with Gasteiger partial charge >= 0.3 is 0 Å². The summed E-state index contributed by atoms with van der Waals surface area (Å²) in [6.07, 6.45) is 0. The molecule has 0 fully saturated rings. The molecule has 0 bridgehead atoms. The fourth-order valence-corrected chi connectivity index (χ4v) is 3.33. The first kappa shape index (κ1) is 12.4. The number of hydrogen-bond donors (Lipinski definition) is 0. The summed E-state index contributed by atoms with van der Waals surface area (Å²) in [7, 11) is 4.79. The molecular formula is C14H11NO2S2. The Morgan fingerprint density at radius 2 is 1.79 bits per heavy atom. The monoisotopic (exact) mass is 289 g/mol. The SMILES string of the molecule is COc1ccc(SSc2nc3ccccc3o2)cc1. The number of rotatable bonds is 4. The van der Waals surface area contributed by atoms with Gasteiger partial charge in [0.1, 0.15) is 11.3 Å². The third kappa shape index (κ3) is 2.88. The van der Waals surface area contributed by atoms with Gasteiger partial charge in [0.2, 0.25) is 0 Å². The van der Waals surface area contributed by atoms with Crippen LogP contribution in [0, 0.1) is 0 Å². The summed E-state index contributed by atoms with van der Waals surface area (Å²) >= 11 is 0. The Kier molecular flexibility index (Phi) is 3.66. The highest BCUT2D eigenvalue weighted by molar-refractivity contribution is 8.76. The normalized spacial score (nSPS) is 10.8. The second-order valence-electron chi connectivity index (χ2n) is 3.79. The quantitative estimate of drug-likeness (QED) is 0.654. The summed E-state index contributed by atoms with van der Waals surface area (Å²) in [6.45, 7) is 0. The highest BCUT2D eigenvalue weighted by Crippen LogP contribution is 2.38. The van der Waals surface area contributed by atoms with Crippen molar-refractivity contribution in [3.63, 3.8) is 0 Å². The molecule has 0 aliphatic heterocycles.